The molecule has 1 aromatic carbocycles. The average molecular weight is 387 g/mol. The molecule has 28 heavy (non-hydrogen) atoms. The molecular formula is C21H29N3O4. The lowest BCUT2D eigenvalue weighted by atomic mass is 9.85. The van der Waals surface area contributed by atoms with Crippen LogP contribution < -0.4 is 5.32 Å². The number of likely N-dealkylation sites (tertiary alicyclic amines) is 1. The quantitative estimate of drug-likeness (QED) is 0.701. The molecule has 1 saturated carbocycles. The molecule has 3 rings (SSSR count). The molecule has 2 fully saturated rings. The van der Waals surface area contributed by atoms with Crippen LogP contribution in [0.3, 0.4) is 0 Å². The molecule has 1 heterocycles. The monoisotopic (exact) mass is 387 g/mol. The van der Waals surface area contributed by atoms with E-state index in [4.69, 9.17) is 5.11 Å². The number of likely N-dealkylation sites (N-methyl/N-ethyl adjacent to an activating group) is 1. The molecule has 1 aromatic rings. The number of hydrogen-bond acceptors (Lipinski definition) is 4. The van der Waals surface area contributed by atoms with Gasteiger partial charge in [0, 0.05) is 18.6 Å². The Labute approximate surface area is 165 Å². The minimum atomic E-state index is -0.826. The lowest BCUT2D eigenvalue weighted by molar-refractivity contribution is -0.140. The van der Waals surface area contributed by atoms with Crippen molar-refractivity contribution in [3.05, 3.63) is 35.9 Å². The standard InChI is InChI=1S/C21H29N3O4/c1-2-23(14-20(26)27)17-12-16(13-17)22-21(28)18-9-6-10-24(18)19(25)11-15-7-4-3-5-8-15/h3-5,7-8,16-18H,2,6,9-14H2,1H3,(H,22,28)(H,26,27). The summed E-state index contributed by atoms with van der Waals surface area (Å²) >= 11 is 0. The second-order valence-corrected chi connectivity index (χ2v) is 7.70. The van der Waals surface area contributed by atoms with Crippen molar-refractivity contribution >= 4 is 17.8 Å². The van der Waals surface area contributed by atoms with Gasteiger partial charge in [-0.05, 0) is 37.8 Å². The highest BCUT2D eigenvalue weighted by atomic mass is 16.4. The predicted molar refractivity (Wildman–Crippen MR) is 105 cm³/mol. The second-order valence-electron chi connectivity index (χ2n) is 7.70. The number of carboxylic acids is 1. The van der Waals surface area contributed by atoms with Crippen molar-refractivity contribution in [2.45, 2.75) is 57.2 Å². The van der Waals surface area contributed by atoms with Gasteiger partial charge in [-0.25, -0.2) is 0 Å². The Bertz CT molecular complexity index is 703. The first-order valence-corrected chi connectivity index (χ1v) is 10.1. The molecule has 7 heteroatoms. The van der Waals surface area contributed by atoms with Gasteiger partial charge in [-0.1, -0.05) is 37.3 Å². The van der Waals surface area contributed by atoms with Crippen molar-refractivity contribution in [2.24, 2.45) is 0 Å². The van der Waals surface area contributed by atoms with Crippen LogP contribution >= 0.6 is 0 Å². The van der Waals surface area contributed by atoms with E-state index >= 15 is 0 Å². The first-order chi connectivity index (χ1) is 13.5. The maximum Gasteiger partial charge on any atom is 0.317 e. The zero-order valence-electron chi connectivity index (χ0n) is 16.3. The summed E-state index contributed by atoms with van der Waals surface area (Å²) in [7, 11) is 0. The van der Waals surface area contributed by atoms with E-state index in [0.29, 0.717) is 25.9 Å². The Kier molecular flexibility index (Phi) is 6.67. The molecule has 0 aromatic heterocycles. The van der Waals surface area contributed by atoms with Gasteiger partial charge in [-0.3, -0.25) is 19.3 Å². The zero-order valence-corrected chi connectivity index (χ0v) is 16.3. The summed E-state index contributed by atoms with van der Waals surface area (Å²) in [5.74, 6) is -0.912. The molecule has 0 bridgehead atoms. The van der Waals surface area contributed by atoms with E-state index in [0.717, 1.165) is 24.8 Å². The van der Waals surface area contributed by atoms with Gasteiger partial charge in [-0.15, -0.1) is 0 Å². The normalized spacial score (nSPS) is 24.1. The van der Waals surface area contributed by atoms with E-state index in [1.54, 1.807) is 4.90 Å². The molecule has 1 saturated heterocycles. The van der Waals surface area contributed by atoms with Crippen LogP contribution in [-0.4, -0.2) is 70.4 Å². The highest BCUT2D eigenvalue weighted by molar-refractivity contribution is 5.89. The number of nitrogens with one attached hydrogen (secondary N) is 1. The third-order valence-corrected chi connectivity index (χ3v) is 5.79. The Hall–Kier alpha value is -2.41. The Morgan fingerprint density at radius 3 is 2.57 bits per heavy atom. The highest BCUT2D eigenvalue weighted by Crippen LogP contribution is 2.27. The summed E-state index contributed by atoms with van der Waals surface area (Å²) in [4.78, 5) is 40.0. The third kappa shape index (κ3) is 4.90. The number of carboxylic acid groups (broad SMARTS) is 1. The Morgan fingerprint density at radius 2 is 1.93 bits per heavy atom. The first kappa shape index (κ1) is 20.3. The fourth-order valence-electron chi connectivity index (χ4n) is 4.18. The molecule has 2 amide bonds. The van der Waals surface area contributed by atoms with Gasteiger partial charge in [0.25, 0.3) is 0 Å². The van der Waals surface area contributed by atoms with Gasteiger partial charge in [-0.2, -0.15) is 0 Å². The topological polar surface area (TPSA) is 90.0 Å². The third-order valence-electron chi connectivity index (χ3n) is 5.79. The second kappa shape index (κ2) is 9.19. The number of benzene rings is 1. The summed E-state index contributed by atoms with van der Waals surface area (Å²) < 4.78 is 0. The number of carbonyl (C=O) groups is 3. The number of amides is 2. The minimum absolute atomic E-state index is 0.00560. The Balaban J connectivity index is 1.49. The molecule has 2 aliphatic rings. The van der Waals surface area contributed by atoms with E-state index in [9.17, 15) is 14.4 Å². The van der Waals surface area contributed by atoms with Gasteiger partial charge >= 0.3 is 5.97 Å². The number of rotatable bonds is 8. The van der Waals surface area contributed by atoms with Crippen LogP contribution in [0, 0.1) is 0 Å². The summed E-state index contributed by atoms with van der Waals surface area (Å²) in [6.07, 6.45) is 3.38. The van der Waals surface area contributed by atoms with E-state index in [1.807, 2.05) is 42.2 Å². The maximum absolute atomic E-state index is 12.7. The average Bonchev–Trinajstić information content (AvgIpc) is 3.13. The molecule has 0 radical (unpaired) electrons. The molecule has 1 aliphatic heterocycles. The molecule has 1 unspecified atom stereocenters. The van der Waals surface area contributed by atoms with Gasteiger partial charge in [0.1, 0.15) is 6.04 Å². The molecule has 2 N–H and O–H groups in total. The summed E-state index contributed by atoms with van der Waals surface area (Å²) in [6, 6.07) is 9.46. The van der Waals surface area contributed by atoms with Crippen LogP contribution in [-0.2, 0) is 20.8 Å². The van der Waals surface area contributed by atoms with Crippen LogP contribution in [0.15, 0.2) is 30.3 Å². The van der Waals surface area contributed by atoms with Crippen molar-refractivity contribution in [3.63, 3.8) is 0 Å². The lowest BCUT2D eigenvalue weighted by Crippen LogP contribution is -2.57. The van der Waals surface area contributed by atoms with Crippen LogP contribution in [0.2, 0.25) is 0 Å². The van der Waals surface area contributed by atoms with E-state index in [-0.39, 0.29) is 30.4 Å². The van der Waals surface area contributed by atoms with Crippen molar-refractivity contribution in [1.82, 2.24) is 15.1 Å². The highest BCUT2D eigenvalue weighted by Gasteiger charge is 2.39. The van der Waals surface area contributed by atoms with E-state index in [2.05, 4.69) is 5.32 Å². The predicted octanol–water partition coefficient (Wildman–Crippen LogP) is 1.27. The molecule has 1 atom stereocenters. The number of hydrogen-bond donors (Lipinski definition) is 2. The molecule has 152 valence electrons. The Morgan fingerprint density at radius 1 is 1.21 bits per heavy atom. The van der Waals surface area contributed by atoms with Crippen molar-refractivity contribution in [3.8, 4) is 0 Å². The molecule has 1 aliphatic carbocycles. The van der Waals surface area contributed by atoms with Gasteiger partial charge in [0.2, 0.25) is 11.8 Å². The maximum atomic E-state index is 12.7. The van der Waals surface area contributed by atoms with Gasteiger partial charge in [0.15, 0.2) is 0 Å². The van der Waals surface area contributed by atoms with Crippen LogP contribution in [0.5, 0.6) is 0 Å². The fraction of sp³-hybridized carbons (Fsp3) is 0.571. The van der Waals surface area contributed by atoms with Crippen molar-refractivity contribution in [2.75, 3.05) is 19.6 Å². The van der Waals surface area contributed by atoms with Crippen LogP contribution in [0.25, 0.3) is 0 Å². The van der Waals surface area contributed by atoms with E-state index in [1.165, 1.54) is 0 Å². The zero-order chi connectivity index (χ0) is 20.1. The smallest absolute Gasteiger partial charge is 0.317 e. The van der Waals surface area contributed by atoms with Crippen LogP contribution in [0.1, 0.15) is 38.2 Å². The largest absolute Gasteiger partial charge is 0.480 e. The first-order valence-electron chi connectivity index (χ1n) is 10.1. The van der Waals surface area contributed by atoms with Crippen LogP contribution in [0.4, 0.5) is 0 Å². The lowest BCUT2D eigenvalue weighted by Gasteiger charge is -2.42. The molecular weight excluding hydrogens is 358 g/mol. The summed E-state index contributed by atoms with van der Waals surface area (Å²) in [6.45, 7) is 3.29. The van der Waals surface area contributed by atoms with E-state index < -0.39 is 12.0 Å². The van der Waals surface area contributed by atoms with Gasteiger partial charge < -0.3 is 15.3 Å². The minimum Gasteiger partial charge on any atom is -0.480 e. The summed E-state index contributed by atoms with van der Waals surface area (Å²) in [5, 5.41) is 12.0. The van der Waals surface area contributed by atoms with Gasteiger partial charge in [0.05, 0.1) is 13.0 Å². The van der Waals surface area contributed by atoms with Crippen molar-refractivity contribution in [1.29, 1.82) is 0 Å². The molecule has 0 spiro atoms. The molecule has 7 nitrogen and oxygen atoms in total. The number of carbonyl (C=O) groups excluding carboxylic acids is 2. The number of aliphatic carboxylic acids is 1. The summed E-state index contributed by atoms with van der Waals surface area (Å²) in [5.41, 5.74) is 0.957. The SMILES string of the molecule is CCN(CC(=O)O)C1CC(NC(=O)C2CCCN2C(=O)Cc2ccccc2)C1. The number of nitrogens with zero attached hydrogens (tertiary/aromatic N) is 2. The fourth-order valence-corrected chi connectivity index (χ4v) is 4.18. The van der Waals surface area contributed by atoms with Crippen molar-refractivity contribution < 1.29 is 19.5 Å².